The Labute approximate surface area is 268 Å². The zero-order chi connectivity index (χ0) is 32.7. The van der Waals surface area contributed by atoms with E-state index in [2.05, 4.69) is 39.6 Å². The molecule has 2 saturated carbocycles. The van der Waals surface area contributed by atoms with Crippen molar-refractivity contribution in [3.63, 3.8) is 0 Å². The first-order valence-corrected chi connectivity index (χ1v) is 20.8. The number of fused-ring (bicyclic) bond motifs is 2. The third-order valence-electron chi connectivity index (χ3n) is 9.80. The van der Waals surface area contributed by atoms with Crippen LogP contribution in [0.25, 0.3) is 0 Å². The maximum absolute atomic E-state index is 10.6. The molecule has 2 heterocycles. The van der Waals surface area contributed by atoms with Gasteiger partial charge in [0.05, 0.1) is 35.6 Å². The molecule has 256 valence electrons. The molecule has 8 nitrogen and oxygen atoms in total. The molecule has 4 aliphatic rings. The van der Waals surface area contributed by atoms with E-state index in [4.69, 9.17) is 13.9 Å². The fraction of sp³-hybridized carbons (Fsp3) is 0.886. The predicted octanol–water partition coefficient (Wildman–Crippen LogP) is 5.82. The fourth-order valence-corrected chi connectivity index (χ4v) is 8.65. The van der Waals surface area contributed by atoms with E-state index in [1.165, 1.54) is 0 Å². The van der Waals surface area contributed by atoms with Crippen molar-refractivity contribution in [3.8, 4) is 0 Å². The first-order chi connectivity index (χ1) is 20.5. The van der Waals surface area contributed by atoms with Gasteiger partial charge in [-0.3, -0.25) is 0 Å². The van der Waals surface area contributed by atoms with Crippen LogP contribution in [0.1, 0.15) is 105 Å². The lowest BCUT2D eigenvalue weighted by atomic mass is 9.89. The smallest absolute Gasteiger partial charge is 0.184 e. The maximum atomic E-state index is 10.6. The largest absolute Gasteiger partial charge is 0.414 e. The van der Waals surface area contributed by atoms with Gasteiger partial charge in [-0.1, -0.05) is 76.7 Å². The first kappa shape index (κ1) is 37.8. The summed E-state index contributed by atoms with van der Waals surface area (Å²) in [5.74, 6) is 0.665. The molecule has 2 saturated heterocycles. The van der Waals surface area contributed by atoms with E-state index >= 15 is 0 Å². The van der Waals surface area contributed by atoms with Crippen molar-refractivity contribution in [2.75, 3.05) is 0 Å². The second-order valence-electron chi connectivity index (χ2n) is 15.4. The molecular formula is C35H64O8Si. The first-order valence-electron chi connectivity index (χ1n) is 17.4. The van der Waals surface area contributed by atoms with Crippen LogP contribution in [0.15, 0.2) is 24.3 Å². The molecule has 12 atom stereocenters. The molecule has 4 rings (SSSR count). The van der Waals surface area contributed by atoms with Gasteiger partial charge in [0.2, 0.25) is 0 Å². The van der Waals surface area contributed by atoms with Gasteiger partial charge in [0, 0.05) is 31.1 Å². The number of unbranched alkanes of at least 4 members (excludes halogenated alkanes) is 4. The van der Waals surface area contributed by atoms with Crippen molar-refractivity contribution in [2.45, 2.75) is 173 Å². The molecule has 2 aliphatic carbocycles. The average molecular weight is 641 g/mol. The highest BCUT2D eigenvalue weighted by Crippen LogP contribution is 2.46. The number of ether oxygens (including phenoxy) is 2. The van der Waals surface area contributed by atoms with Crippen molar-refractivity contribution in [1.29, 1.82) is 0 Å². The average Bonchev–Trinajstić information content (AvgIpc) is 3.60. The summed E-state index contributed by atoms with van der Waals surface area (Å²) in [6, 6.07) is 0. The number of hydrogen-bond donors (Lipinski definition) is 5. The second kappa shape index (κ2) is 16.5. The maximum Gasteiger partial charge on any atom is 0.184 e. The summed E-state index contributed by atoms with van der Waals surface area (Å²) < 4.78 is 17.5. The minimum absolute atomic E-state index is 0.0187. The van der Waals surface area contributed by atoms with E-state index < -0.39 is 38.2 Å². The Balaban J connectivity index is 0.000000244. The van der Waals surface area contributed by atoms with Gasteiger partial charge in [0.15, 0.2) is 20.9 Å². The van der Waals surface area contributed by atoms with Crippen LogP contribution >= 0.6 is 0 Å². The van der Waals surface area contributed by atoms with E-state index in [0.29, 0.717) is 25.2 Å². The van der Waals surface area contributed by atoms with Crippen LogP contribution in [0.4, 0.5) is 0 Å². The predicted molar refractivity (Wildman–Crippen MR) is 176 cm³/mol. The van der Waals surface area contributed by atoms with E-state index in [1.54, 1.807) is 0 Å². The summed E-state index contributed by atoms with van der Waals surface area (Å²) >= 11 is 0. The van der Waals surface area contributed by atoms with Crippen LogP contribution < -0.4 is 0 Å². The van der Waals surface area contributed by atoms with Gasteiger partial charge in [0.25, 0.3) is 0 Å². The van der Waals surface area contributed by atoms with Crippen molar-refractivity contribution in [1.82, 2.24) is 0 Å². The molecule has 0 radical (unpaired) electrons. The van der Waals surface area contributed by atoms with Gasteiger partial charge < -0.3 is 39.4 Å². The van der Waals surface area contributed by atoms with E-state index in [0.717, 1.165) is 57.8 Å². The molecule has 0 aromatic heterocycles. The van der Waals surface area contributed by atoms with Gasteiger partial charge >= 0.3 is 0 Å². The third-order valence-corrected chi connectivity index (χ3v) is 10.8. The zero-order valence-corrected chi connectivity index (χ0v) is 29.5. The van der Waals surface area contributed by atoms with Crippen molar-refractivity contribution >= 4 is 8.32 Å². The molecule has 6 unspecified atom stereocenters. The molecule has 0 spiro atoms. The van der Waals surface area contributed by atoms with Crippen LogP contribution in [0.2, 0.25) is 19.6 Å². The Morgan fingerprint density at radius 1 is 0.705 bits per heavy atom. The molecule has 0 aromatic carbocycles. The fourth-order valence-electron chi connectivity index (χ4n) is 7.49. The zero-order valence-electron chi connectivity index (χ0n) is 28.5. The van der Waals surface area contributed by atoms with E-state index in [1.807, 2.05) is 32.1 Å². The summed E-state index contributed by atoms with van der Waals surface area (Å²) in [6.45, 7) is 14.6. The minimum atomic E-state index is -1.64. The van der Waals surface area contributed by atoms with Crippen LogP contribution in [-0.2, 0) is 13.9 Å². The Morgan fingerprint density at radius 3 is 1.64 bits per heavy atom. The van der Waals surface area contributed by atoms with Crippen LogP contribution in [0.5, 0.6) is 0 Å². The van der Waals surface area contributed by atoms with Crippen LogP contribution in [0, 0.1) is 23.7 Å². The Bertz CT molecular complexity index is 915. The molecule has 5 N–H and O–H groups in total. The number of aliphatic hydroxyl groups excluding tert-OH is 3. The summed E-state index contributed by atoms with van der Waals surface area (Å²) in [5.41, 5.74) is -1.58. The van der Waals surface area contributed by atoms with Gasteiger partial charge in [-0.2, -0.15) is 0 Å². The topological polar surface area (TPSA) is 129 Å². The third kappa shape index (κ3) is 11.6. The standard InChI is InChI=1S/C19H36O4Si.C16H28O4/c1-6-7-8-10-19(2,21)11-9-14-15-12-18(20)22-16(15)13-17(14)23-24(3,4)5;1-3-4-5-7-16(2,19)8-6-11-12-9-15(18)20-14(12)10-13(11)17/h9,11,14-18,20-21H,6-8,10,12-13H2,1-5H3;6,8,11-15,17-19H,3-5,7,9-10H2,1-2H3/b11-9+;8-6+/t14-,15?,16+,17-,18?,19?;11-,12?,13-,14+,15?,16?/m11/s1. The normalized spacial score (nSPS) is 38.0. The lowest BCUT2D eigenvalue weighted by Crippen LogP contribution is -2.35. The van der Waals surface area contributed by atoms with Gasteiger partial charge in [0.1, 0.15) is 0 Å². The summed E-state index contributed by atoms with van der Waals surface area (Å²) in [5, 5.41) is 50.4. The second-order valence-corrected chi connectivity index (χ2v) is 19.8. The lowest BCUT2D eigenvalue weighted by Gasteiger charge is -2.29. The molecule has 4 fully saturated rings. The SMILES string of the molecule is CCCCCC(C)(O)/C=C/[C@@H]1C2CC(O)O[C@H]2C[C@H]1O.CCCCCC(C)(O)/C=C/[C@@H]1C2CC(O)O[C@H]2C[C@H]1O[Si](C)(C)C. The monoisotopic (exact) mass is 640 g/mol. The number of aliphatic hydroxyl groups is 5. The molecule has 44 heavy (non-hydrogen) atoms. The Hall–Kier alpha value is -0.623. The van der Waals surface area contributed by atoms with Crippen molar-refractivity contribution in [3.05, 3.63) is 24.3 Å². The molecular weight excluding hydrogens is 576 g/mol. The molecule has 0 aromatic rings. The molecule has 0 amide bonds. The number of rotatable bonds is 14. The summed E-state index contributed by atoms with van der Waals surface area (Å²) in [6.07, 6.45) is 17.1. The molecule has 0 bridgehead atoms. The van der Waals surface area contributed by atoms with E-state index in [-0.39, 0.29) is 36.1 Å². The minimum Gasteiger partial charge on any atom is -0.414 e. The Morgan fingerprint density at radius 2 is 1.16 bits per heavy atom. The summed E-state index contributed by atoms with van der Waals surface area (Å²) in [4.78, 5) is 0. The molecule has 9 heteroatoms. The number of hydrogen-bond acceptors (Lipinski definition) is 8. The summed E-state index contributed by atoms with van der Waals surface area (Å²) in [7, 11) is -1.64. The van der Waals surface area contributed by atoms with Crippen molar-refractivity contribution < 1.29 is 39.4 Å². The Kier molecular flexibility index (Phi) is 14.2. The quantitative estimate of drug-likeness (QED) is 0.0914. The van der Waals surface area contributed by atoms with E-state index in [9.17, 15) is 25.5 Å². The van der Waals surface area contributed by atoms with Crippen molar-refractivity contribution in [2.24, 2.45) is 23.7 Å². The van der Waals surface area contributed by atoms with Crippen LogP contribution in [0.3, 0.4) is 0 Å². The highest BCUT2D eigenvalue weighted by Gasteiger charge is 2.50. The van der Waals surface area contributed by atoms with Gasteiger partial charge in [-0.15, -0.1) is 0 Å². The van der Waals surface area contributed by atoms with Gasteiger partial charge in [-0.25, -0.2) is 0 Å². The highest BCUT2D eigenvalue weighted by molar-refractivity contribution is 6.69. The van der Waals surface area contributed by atoms with Gasteiger partial charge in [-0.05, 0) is 64.6 Å². The van der Waals surface area contributed by atoms with Crippen LogP contribution in [-0.4, -0.2) is 82.0 Å². The highest BCUT2D eigenvalue weighted by atomic mass is 28.4. The lowest BCUT2D eigenvalue weighted by molar-refractivity contribution is -0.0953. The molecule has 2 aliphatic heterocycles.